The number of fused-ring (bicyclic) bond motifs is 2. The standard InChI is InChI=1S/C23H25N5O3/c1-14-17-5-3-4-6-19(17)31-20(14)13-28(2)21(29)8-7-15-9-16-11-27-23(30)18(24)12-26-22(16)25-10-15/h3-10,18H,11-13,24H2,1-2H3,(H,25,26)(H,27,30)/b8-7+. The highest BCUT2D eigenvalue weighted by Crippen LogP contribution is 2.25. The minimum Gasteiger partial charge on any atom is -0.459 e. The van der Waals surface area contributed by atoms with E-state index in [2.05, 4.69) is 15.6 Å². The van der Waals surface area contributed by atoms with E-state index < -0.39 is 6.04 Å². The Kier molecular flexibility index (Phi) is 5.73. The molecule has 160 valence electrons. The number of aromatic nitrogens is 1. The number of para-hydroxylation sites is 1. The van der Waals surface area contributed by atoms with Crippen molar-refractivity contribution in [2.45, 2.75) is 26.1 Å². The minimum absolute atomic E-state index is 0.149. The molecule has 0 spiro atoms. The summed E-state index contributed by atoms with van der Waals surface area (Å²) < 4.78 is 5.90. The number of amides is 2. The third-order valence-electron chi connectivity index (χ3n) is 5.38. The number of likely N-dealkylation sites (N-methyl/N-ethyl adjacent to an activating group) is 1. The van der Waals surface area contributed by atoms with Crippen LogP contribution in [0.5, 0.6) is 0 Å². The number of carbonyl (C=O) groups is 2. The second-order valence-electron chi connectivity index (χ2n) is 7.66. The third kappa shape index (κ3) is 4.44. The lowest BCUT2D eigenvalue weighted by Gasteiger charge is -2.20. The summed E-state index contributed by atoms with van der Waals surface area (Å²) in [7, 11) is 1.74. The largest absolute Gasteiger partial charge is 0.459 e. The van der Waals surface area contributed by atoms with Gasteiger partial charge in [0.2, 0.25) is 11.8 Å². The minimum atomic E-state index is -0.613. The first-order chi connectivity index (χ1) is 14.9. The van der Waals surface area contributed by atoms with Gasteiger partial charge < -0.3 is 25.7 Å². The van der Waals surface area contributed by atoms with Gasteiger partial charge in [0.15, 0.2) is 0 Å². The van der Waals surface area contributed by atoms with E-state index >= 15 is 0 Å². The number of hydrogen-bond acceptors (Lipinski definition) is 6. The molecule has 1 aliphatic heterocycles. The molecule has 1 aromatic carbocycles. The zero-order chi connectivity index (χ0) is 22.0. The lowest BCUT2D eigenvalue weighted by Crippen LogP contribution is -2.46. The molecule has 1 atom stereocenters. The lowest BCUT2D eigenvalue weighted by atomic mass is 10.1. The van der Waals surface area contributed by atoms with Crippen LogP contribution in [0.4, 0.5) is 5.82 Å². The molecule has 4 rings (SSSR count). The molecule has 4 N–H and O–H groups in total. The molecule has 0 fully saturated rings. The van der Waals surface area contributed by atoms with Gasteiger partial charge in [-0.2, -0.15) is 0 Å². The van der Waals surface area contributed by atoms with E-state index in [1.54, 1.807) is 24.2 Å². The molecule has 0 saturated carbocycles. The summed E-state index contributed by atoms with van der Waals surface area (Å²) in [6, 6.07) is 9.11. The average molecular weight is 419 g/mol. The number of nitrogens with one attached hydrogen (secondary N) is 2. The predicted molar refractivity (Wildman–Crippen MR) is 119 cm³/mol. The van der Waals surface area contributed by atoms with E-state index in [1.807, 2.05) is 37.3 Å². The van der Waals surface area contributed by atoms with Gasteiger partial charge in [0.1, 0.15) is 23.2 Å². The van der Waals surface area contributed by atoms with Crippen LogP contribution in [0.3, 0.4) is 0 Å². The fourth-order valence-electron chi connectivity index (χ4n) is 3.49. The van der Waals surface area contributed by atoms with Crippen LogP contribution >= 0.6 is 0 Å². The smallest absolute Gasteiger partial charge is 0.246 e. The Labute approximate surface area is 180 Å². The van der Waals surface area contributed by atoms with Crippen molar-refractivity contribution in [1.82, 2.24) is 15.2 Å². The van der Waals surface area contributed by atoms with Crippen molar-refractivity contribution in [1.29, 1.82) is 0 Å². The second kappa shape index (κ2) is 8.61. The number of anilines is 1. The summed E-state index contributed by atoms with van der Waals surface area (Å²) in [6.45, 7) is 3.01. The van der Waals surface area contributed by atoms with Gasteiger partial charge in [-0.3, -0.25) is 9.59 Å². The molecule has 31 heavy (non-hydrogen) atoms. The predicted octanol–water partition coefficient (Wildman–Crippen LogP) is 2.18. The number of nitrogens with two attached hydrogens (primary N) is 1. The van der Waals surface area contributed by atoms with Crippen molar-refractivity contribution in [3.05, 3.63) is 65.1 Å². The van der Waals surface area contributed by atoms with Gasteiger partial charge in [-0.05, 0) is 30.7 Å². The molecule has 8 heteroatoms. The fraction of sp³-hybridized carbons (Fsp3) is 0.261. The third-order valence-corrected chi connectivity index (χ3v) is 5.38. The quantitative estimate of drug-likeness (QED) is 0.559. The van der Waals surface area contributed by atoms with E-state index in [9.17, 15) is 9.59 Å². The molecule has 2 amide bonds. The van der Waals surface area contributed by atoms with Crippen LogP contribution in [0.15, 0.2) is 47.0 Å². The van der Waals surface area contributed by atoms with E-state index in [-0.39, 0.29) is 11.8 Å². The Morgan fingerprint density at radius 3 is 2.97 bits per heavy atom. The highest BCUT2D eigenvalue weighted by molar-refractivity contribution is 5.92. The van der Waals surface area contributed by atoms with Gasteiger partial charge in [-0.25, -0.2) is 4.98 Å². The van der Waals surface area contributed by atoms with Crippen molar-refractivity contribution >= 4 is 34.7 Å². The van der Waals surface area contributed by atoms with Crippen LogP contribution in [-0.2, 0) is 22.7 Å². The maximum absolute atomic E-state index is 12.6. The van der Waals surface area contributed by atoms with Crippen molar-refractivity contribution in [2.24, 2.45) is 5.73 Å². The molecule has 3 heterocycles. The Morgan fingerprint density at radius 2 is 2.16 bits per heavy atom. The average Bonchev–Trinajstić information content (AvgIpc) is 3.09. The van der Waals surface area contributed by atoms with Gasteiger partial charge in [0.05, 0.1) is 6.54 Å². The maximum atomic E-state index is 12.6. The SMILES string of the molecule is Cc1c(CN(C)C(=O)/C=C/c2cnc3c(c2)CNC(=O)C(N)CN3)oc2ccccc12. The Hall–Kier alpha value is -3.65. The van der Waals surface area contributed by atoms with E-state index in [0.29, 0.717) is 25.5 Å². The van der Waals surface area contributed by atoms with Crippen LogP contribution in [0.1, 0.15) is 22.5 Å². The van der Waals surface area contributed by atoms with Crippen LogP contribution in [0, 0.1) is 6.92 Å². The second-order valence-corrected chi connectivity index (χ2v) is 7.66. The number of furan rings is 1. The van der Waals surface area contributed by atoms with Crippen molar-refractivity contribution in [3.8, 4) is 0 Å². The molecule has 8 nitrogen and oxygen atoms in total. The van der Waals surface area contributed by atoms with Gasteiger partial charge >= 0.3 is 0 Å². The monoisotopic (exact) mass is 419 g/mol. The summed E-state index contributed by atoms with van der Waals surface area (Å²) in [4.78, 5) is 30.4. The van der Waals surface area contributed by atoms with E-state index in [1.165, 1.54) is 6.08 Å². The van der Waals surface area contributed by atoms with Crippen LogP contribution in [0.2, 0.25) is 0 Å². The van der Waals surface area contributed by atoms with Crippen LogP contribution < -0.4 is 16.4 Å². The highest BCUT2D eigenvalue weighted by Gasteiger charge is 2.18. The zero-order valence-electron chi connectivity index (χ0n) is 17.5. The summed E-state index contributed by atoms with van der Waals surface area (Å²) in [5, 5.41) is 6.94. The first-order valence-electron chi connectivity index (χ1n) is 10.1. The normalized spacial score (nSPS) is 16.4. The van der Waals surface area contributed by atoms with Gasteiger partial charge in [0.25, 0.3) is 0 Å². The van der Waals surface area contributed by atoms with Gasteiger partial charge in [-0.15, -0.1) is 0 Å². The van der Waals surface area contributed by atoms with Crippen molar-refractivity contribution in [2.75, 3.05) is 18.9 Å². The molecule has 3 aromatic rings. The van der Waals surface area contributed by atoms with E-state index in [0.717, 1.165) is 33.4 Å². The lowest BCUT2D eigenvalue weighted by molar-refractivity contribution is -0.125. The Morgan fingerprint density at radius 1 is 1.35 bits per heavy atom. The fourth-order valence-corrected chi connectivity index (χ4v) is 3.49. The first kappa shape index (κ1) is 20.6. The molecule has 0 saturated heterocycles. The number of hydrogen-bond donors (Lipinski definition) is 3. The summed E-state index contributed by atoms with van der Waals surface area (Å²) in [5.74, 6) is 1.09. The number of benzene rings is 1. The Balaban J connectivity index is 1.44. The highest BCUT2D eigenvalue weighted by atomic mass is 16.3. The van der Waals surface area contributed by atoms with Gasteiger partial charge in [-0.1, -0.05) is 18.2 Å². The van der Waals surface area contributed by atoms with Crippen LogP contribution in [0.25, 0.3) is 17.0 Å². The number of aryl methyl sites for hydroxylation is 1. The van der Waals surface area contributed by atoms with E-state index in [4.69, 9.17) is 10.2 Å². The molecule has 1 unspecified atom stereocenters. The molecule has 2 aromatic heterocycles. The molecule has 0 radical (unpaired) electrons. The Bertz CT molecular complexity index is 1170. The molecule has 0 aliphatic carbocycles. The van der Waals surface area contributed by atoms with Crippen molar-refractivity contribution < 1.29 is 14.0 Å². The maximum Gasteiger partial charge on any atom is 0.246 e. The molecular weight excluding hydrogens is 394 g/mol. The first-order valence-corrected chi connectivity index (χ1v) is 10.1. The number of rotatable bonds is 4. The number of carbonyl (C=O) groups excluding carboxylic acids is 2. The number of nitrogens with zero attached hydrogens (tertiary/aromatic N) is 2. The van der Waals surface area contributed by atoms with Crippen molar-refractivity contribution in [3.63, 3.8) is 0 Å². The number of pyridine rings is 1. The van der Waals surface area contributed by atoms with Crippen LogP contribution in [-0.4, -0.2) is 41.3 Å². The molecule has 1 aliphatic rings. The summed E-state index contributed by atoms with van der Waals surface area (Å²) in [6.07, 6.45) is 4.89. The molecular formula is C23H25N5O3. The summed E-state index contributed by atoms with van der Waals surface area (Å²) >= 11 is 0. The molecule has 0 bridgehead atoms. The topological polar surface area (TPSA) is 113 Å². The summed E-state index contributed by atoms with van der Waals surface area (Å²) in [5.41, 5.74) is 9.23. The zero-order valence-corrected chi connectivity index (χ0v) is 17.5. The van der Waals surface area contributed by atoms with Gasteiger partial charge in [0, 0.05) is 48.9 Å².